The first kappa shape index (κ1) is 30.1. The van der Waals surface area contributed by atoms with Crippen molar-refractivity contribution in [3.63, 3.8) is 0 Å². The molecule has 7 nitrogen and oxygen atoms in total. The average Bonchev–Trinajstić information content (AvgIpc) is 3.33. The minimum atomic E-state index is -0.790. The number of halogens is 4. The molecular formula is C32H27ClF3N3O4. The highest BCUT2D eigenvalue weighted by Gasteiger charge is 2.21. The summed E-state index contributed by atoms with van der Waals surface area (Å²) in [6.45, 7) is 2.29. The average molecular weight is 610 g/mol. The lowest BCUT2D eigenvalue weighted by Crippen LogP contribution is -2.11. The number of nitrogens with zero attached hydrogens (tertiary/aromatic N) is 3. The Bertz CT molecular complexity index is 1790. The van der Waals surface area contributed by atoms with Gasteiger partial charge in [0.2, 0.25) is 5.88 Å². The van der Waals surface area contributed by atoms with Crippen LogP contribution in [-0.2, 0) is 22.4 Å². The minimum Gasteiger partial charge on any atom is -0.469 e. The summed E-state index contributed by atoms with van der Waals surface area (Å²) < 4.78 is 63.4. The van der Waals surface area contributed by atoms with Gasteiger partial charge < -0.3 is 18.8 Å². The van der Waals surface area contributed by atoms with E-state index in [1.165, 1.54) is 37.6 Å². The van der Waals surface area contributed by atoms with Gasteiger partial charge in [-0.1, -0.05) is 17.7 Å². The smallest absolute Gasteiger partial charge is 0.337 e. The number of benzene rings is 3. The zero-order chi connectivity index (χ0) is 30.7. The van der Waals surface area contributed by atoms with E-state index in [9.17, 15) is 9.18 Å². The third-order valence-electron chi connectivity index (χ3n) is 7.01. The summed E-state index contributed by atoms with van der Waals surface area (Å²) in [6, 6.07) is 14.7. The van der Waals surface area contributed by atoms with Gasteiger partial charge in [-0.3, -0.25) is 0 Å². The zero-order valence-electron chi connectivity index (χ0n) is 23.5. The topological polar surface area (TPSA) is 75.5 Å². The van der Waals surface area contributed by atoms with Crippen molar-refractivity contribution in [2.75, 3.05) is 20.8 Å². The van der Waals surface area contributed by atoms with Gasteiger partial charge in [0.05, 0.1) is 30.3 Å². The van der Waals surface area contributed by atoms with E-state index >= 15 is 8.78 Å². The second kappa shape index (κ2) is 12.8. The van der Waals surface area contributed by atoms with Crippen molar-refractivity contribution in [3.8, 4) is 17.0 Å². The number of imidazole rings is 1. The normalized spacial score (nSPS) is 12.0. The van der Waals surface area contributed by atoms with Crippen LogP contribution in [0, 0.1) is 17.5 Å². The van der Waals surface area contributed by atoms with Crippen molar-refractivity contribution in [2.45, 2.75) is 26.0 Å². The molecular weight excluding hydrogens is 583 g/mol. The van der Waals surface area contributed by atoms with Gasteiger partial charge in [-0.15, -0.1) is 0 Å². The molecule has 222 valence electrons. The predicted molar refractivity (Wildman–Crippen MR) is 156 cm³/mol. The minimum absolute atomic E-state index is 0.0821. The number of hydrogen-bond acceptors (Lipinski definition) is 6. The van der Waals surface area contributed by atoms with Crippen molar-refractivity contribution < 1.29 is 32.2 Å². The Hall–Kier alpha value is -4.41. The standard InChI is InChI=1S/C32H27ClF3N3O4/c1-18(22-8-7-21(33)16-27(22)36)43-31-23(5-4-10-37-31)20-13-25(34)24(26(35)14-20)17-30-38-28-9-6-19(32(40)42-3)15-29(28)39(30)11-12-41-2/h4-10,13-16,18H,11-12,17H2,1-3H3. The molecule has 5 aromatic rings. The van der Waals surface area contributed by atoms with Crippen LogP contribution in [0.15, 0.2) is 66.9 Å². The Morgan fingerprint density at radius 1 is 1.00 bits per heavy atom. The van der Waals surface area contributed by atoms with Gasteiger partial charge in [-0.05, 0) is 67.1 Å². The number of esters is 1. The van der Waals surface area contributed by atoms with Crippen LogP contribution < -0.4 is 4.74 Å². The predicted octanol–water partition coefficient (Wildman–Crippen LogP) is 7.33. The van der Waals surface area contributed by atoms with Crippen molar-refractivity contribution in [1.82, 2.24) is 14.5 Å². The SMILES string of the molecule is COCCn1c(Cc2c(F)cc(-c3cccnc3OC(C)c3ccc(Cl)cc3F)cc2F)nc2ccc(C(=O)OC)cc21. The fraction of sp³-hybridized carbons (Fsp3) is 0.219. The van der Waals surface area contributed by atoms with Gasteiger partial charge in [-0.2, -0.15) is 0 Å². The van der Waals surface area contributed by atoms with E-state index in [1.54, 1.807) is 55.0 Å². The summed E-state index contributed by atoms with van der Waals surface area (Å²) in [5.74, 6) is -2.16. The van der Waals surface area contributed by atoms with E-state index in [0.29, 0.717) is 41.1 Å². The number of carbonyl (C=O) groups is 1. The summed E-state index contributed by atoms with van der Waals surface area (Å²) in [7, 11) is 2.83. The lowest BCUT2D eigenvalue weighted by molar-refractivity contribution is 0.0601. The summed E-state index contributed by atoms with van der Waals surface area (Å²) in [6.07, 6.45) is 0.549. The van der Waals surface area contributed by atoms with Crippen LogP contribution in [0.4, 0.5) is 13.2 Å². The second-order valence-electron chi connectivity index (χ2n) is 9.74. The fourth-order valence-electron chi connectivity index (χ4n) is 4.84. The van der Waals surface area contributed by atoms with Crippen LogP contribution in [0.1, 0.15) is 40.3 Å². The first-order valence-corrected chi connectivity index (χ1v) is 13.7. The molecule has 0 saturated heterocycles. The summed E-state index contributed by atoms with van der Waals surface area (Å²) in [4.78, 5) is 20.9. The van der Waals surface area contributed by atoms with Crippen LogP contribution in [0.25, 0.3) is 22.2 Å². The lowest BCUT2D eigenvalue weighted by Gasteiger charge is -2.18. The maximum Gasteiger partial charge on any atom is 0.337 e. The maximum atomic E-state index is 15.6. The molecule has 0 fully saturated rings. The molecule has 2 aromatic heterocycles. The molecule has 0 aliphatic carbocycles. The number of fused-ring (bicyclic) bond motifs is 1. The van der Waals surface area contributed by atoms with E-state index in [0.717, 1.165) is 0 Å². The van der Waals surface area contributed by atoms with Crippen molar-refractivity contribution in [3.05, 3.63) is 112 Å². The fourth-order valence-corrected chi connectivity index (χ4v) is 5.00. The molecule has 0 spiro atoms. The van der Waals surface area contributed by atoms with E-state index in [1.807, 2.05) is 0 Å². The Labute approximate surface area is 250 Å². The van der Waals surface area contributed by atoms with Crippen LogP contribution in [0.3, 0.4) is 0 Å². The molecule has 1 unspecified atom stereocenters. The monoisotopic (exact) mass is 609 g/mol. The van der Waals surface area contributed by atoms with Crippen LogP contribution in [0.2, 0.25) is 5.02 Å². The third-order valence-corrected chi connectivity index (χ3v) is 7.25. The molecule has 0 saturated carbocycles. The van der Waals surface area contributed by atoms with Gasteiger partial charge in [-0.25, -0.2) is 27.9 Å². The number of aromatic nitrogens is 3. The molecule has 0 radical (unpaired) electrons. The first-order chi connectivity index (χ1) is 20.7. The number of ether oxygens (including phenoxy) is 3. The summed E-state index contributed by atoms with van der Waals surface area (Å²) >= 11 is 5.86. The molecule has 0 aliphatic heterocycles. The lowest BCUT2D eigenvalue weighted by atomic mass is 10.0. The van der Waals surface area contributed by atoms with E-state index in [4.69, 9.17) is 25.8 Å². The first-order valence-electron chi connectivity index (χ1n) is 13.3. The van der Waals surface area contributed by atoms with Gasteiger partial charge in [0, 0.05) is 48.0 Å². The Morgan fingerprint density at radius 3 is 2.47 bits per heavy atom. The number of pyridine rings is 1. The van der Waals surface area contributed by atoms with E-state index in [2.05, 4.69) is 9.97 Å². The zero-order valence-corrected chi connectivity index (χ0v) is 24.3. The number of hydrogen-bond donors (Lipinski definition) is 0. The maximum absolute atomic E-state index is 15.6. The van der Waals surface area contributed by atoms with E-state index in [-0.39, 0.29) is 34.0 Å². The van der Waals surface area contributed by atoms with Gasteiger partial charge in [0.15, 0.2) is 0 Å². The van der Waals surface area contributed by atoms with Crippen molar-refractivity contribution in [1.29, 1.82) is 0 Å². The highest BCUT2D eigenvalue weighted by atomic mass is 35.5. The molecule has 5 rings (SSSR count). The Kier molecular flexibility index (Phi) is 8.98. The molecule has 1 atom stereocenters. The molecule has 2 heterocycles. The Morgan fingerprint density at radius 2 is 1.77 bits per heavy atom. The quantitative estimate of drug-likeness (QED) is 0.154. The van der Waals surface area contributed by atoms with Crippen molar-refractivity contribution >= 4 is 28.6 Å². The highest BCUT2D eigenvalue weighted by Crippen LogP contribution is 2.34. The van der Waals surface area contributed by atoms with Crippen LogP contribution >= 0.6 is 11.6 Å². The molecule has 0 amide bonds. The molecule has 0 N–H and O–H groups in total. The molecule has 0 bridgehead atoms. The van der Waals surface area contributed by atoms with Crippen molar-refractivity contribution in [2.24, 2.45) is 0 Å². The van der Waals surface area contributed by atoms with Gasteiger partial charge >= 0.3 is 5.97 Å². The summed E-state index contributed by atoms with van der Waals surface area (Å²) in [5.41, 5.74) is 2.08. The molecule has 0 aliphatic rings. The number of rotatable bonds is 10. The Balaban J connectivity index is 1.48. The molecule has 43 heavy (non-hydrogen) atoms. The largest absolute Gasteiger partial charge is 0.469 e. The molecule has 3 aromatic carbocycles. The van der Waals surface area contributed by atoms with Crippen LogP contribution in [-0.4, -0.2) is 41.3 Å². The number of carbonyl (C=O) groups excluding carboxylic acids is 1. The third kappa shape index (κ3) is 6.35. The summed E-state index contributed by atoms with van der Waals surface area (Å²) in [5, 5.41) is 0.248. The van der Waals surface area contributed by atoms with Gasteiger partial charge in [0.1, 0.15) is 29.4 Å². The van der Waals surface area contributed by atoms with E-state index < -0.39 is 29.5 Å². The molecule has 11 heteroatoms. The second-order valence-corrected chi connectivity index (χ2v) is 10.2. The highest BCUT2D eigenvalue weighted by molar-refractivity contribution is 6.30. The van der Waals surface area contributed by atoms with Crippen LogP contribution in [0.5, 0.6) is 5.88 Å². The number of methoxy groups -OCH3 is 2. The van der Waals surface area contributed by atoms with Gasteiger partial charge in [0.25, 0.3) is 0 Å².